The standard InChI is InChI=1S/C19H20N2O/c1-3-21(4-2)17-11-12-20-13-16(17)19-15-8-6-5-7-14(15)9-10-18(19)22/h5-13,22H,3-4H2,1-2H3. The summed E-state index contributed by atoms with van der Waals surface area (Å²) in [5, 5.41) is 12.6. The predicted molar refractivity (Wildman–Crippen MR) is 92.4 cm³/mol. The molecule has 0 bridgehead atoms. The zero-order valence-electron chi connectivity index (χ0n) is 13.0. The van der Waals surface area contributed by atoms with Gasteiger partial charge in [-0.05, 0) is 36.8 Å². The van der Waals surface area contributed by atoms with Crippen molar-refractivity contribution in [3.05, 3.63) is 54.9 Å². The van der Waals surface area contributed by atoms with E-state index in [4.69, 9.17) is 0 Å². The quantitative estimate of drug-likeness (QED) is 0.771. The molecule has 0 radical (unpaired) electrons. The van der Waals surface area contributed by atoms with Crippen molar-refractivity contribution in [3.8, 4) is 16.9 Å². The molecule has 0 aliphatic carbocycles. The molecule has 0 aliphatic rings. The van der Waals surface area contributed by atoms with E-state index in [9.17, 15) is 5.11 Å². The van der Waals surface area contributed by atoms with Crippen LogP contribution in [0.3, 0.4) is 0 Å². The molecule has 1 heterocycles. The second kappa shape index (κ2) is 6.06. The highest BCUT2D eigenvalue weighted by atomic mass is 16.3. The summed E-state index contributed by atoms with van der Waals surface area (Å²) in [6.07, 6.45) is 3.65. The lowest BCUT2D eigenvalue weighted by atomic mass is 9.97. The second-order valence-corrected chi connectivity index (χ2v) is 5.25. The van der Waals surface area contributed by atoms with Crippen LogP contribution in [0.1, 0.15) is 13.8 Å². The molecule has 0 aliphatic heterocycles. The third kappa shape index (κ3) is 2.39. The molecule has 0 fully saturated rings. The van der Waals surface area contributed by atoms with E-state index in [2.05, 4.69) is 29.8 Å². The number of rotatable bonds is 4. The van der Waals surface area contributed by atoms with Gasteiger partial charge < -0.3 is 10.0 Å². The van der Waals surface area contributed by atoms with Gasteiger partial charge in [0, 0.05) is 42.3 Å². The van der Waals surface area contributed by atoms with Crippen molar-refractivity contribution in [2.75, 3.05) is 18.0 Å². The van der Waals surface area contributed by atoms with Gasteiger partial charge in [-0.1, -0.05) is 30.3 Å². The molecule has 3 rings (SSSR count). The molecule has 0 spiro atoms. The largest absolute Gasteiger partial charge is 0.507 e. The van der Waals surface area contributed by atoms with E-state index < -0.39 is 0 Å². The second-order valence-electron chi connectivity index (χ2n) is 5.25. The van der Waals surface area contributed by atoms with E-state index >= 15 is 0 Å². The number of pyridine rings is 1. The Kier molecular flexibility index (Phi) is 3.96. The number of phenolic OH excluding ortho intramolecular Hbond substituents is 1. The Hall–Kier alpha value is -2.55. The van der Waals surface area contributed by atoms with Crippen LogP contribution in [-0.4, -0.2) is 23.2 Å². The van der Waals surface area contributed by atoms with Gasteiger partial charge in [-0.15, -0.1) is 0 Å². The van der Waals surface area contributed by atoms with Crippen LogP contribution < -0.4 is 4.90 Å². The first-order valence-corrected chi connectivity index (χ1v) is 7.66. The molecule has 3 nitrogen and oxygen atoms in total. The zero-order valence-corrected chi connectivity index (χ0v) is 13.0. The minimum Gasteiger partial charge on any atom is -0.507 e. The molecule has 22 heavy (non-hydrogen) atoms. The van der Waals surface area contributed by atoms with Gasteiger partial charge in [0.1, 0.15) is 5.75 Å². The van der Waals surface area contributed by atoms with Gasteiger partial charge in [0.25, 0.3) is 0 Å². The first-order valence-electron chi connectivity index (χ1n) is 7.66. The first-order chi connectivity index (χ1) is 10.8. The number of benzene rings is 2. The summed E-state index contributed by atoms with van der Waals surface area (Å²) in [7, 11) is 0. The van der Waals surface area contributed by atoms with Gasteiger partial charge in [0.2, 0.25) is 0 Å². The summed E-state index contributed by atoms with van der Waals surface area (Å²) >= 11 is 0. The molecule has 3 heteroatoms. The average molecular weight is 292 g/mol. The summed E-state index contributed by atoms with van der Waals surface area (Å²) in [6.45, 7) is 6.10. The van der Waals surface area contributed by atoms with E-state index in [1.165, 1.54) is 0 Å². The van der Waals surface area contributed by atoms with Gasteiger partial charge in [-0.2, -0.15) is 0 Å². The minimum absolute atomic E-state index is 0.292. The summed E-state index contributed by atoms with van der Waals surface area (Å²) < 4.78 is 0. The lowest BCUT2D eigenvalue weighted by Gasteiger charge is -2.24. The van der Waals surface area contributed by atoms with Crippen LogP contribution in [0.2, 0.25) is 0 Å². The van der Waals surface area contributed by atoms with Crippen molar-refractivity contribution in [3.63, 3.8) is 0 Å². The fourth-order valence-electron chi connectivity index (χ4n) is 2.96. The van der Waals surface area contributed by atoms with Crippen molar-refractivity contribution in [1.82, 2.24) is 4.98 Å². The van der Waals surface area contributed by atoms with E-state index in [0.717, 1.165) is 40.7 Å². The molecular weight excluding hydrogens is 272 g/mol. The van der Waals surface area contributed by atoms with Crippen LogP contribution in [-0.2, 0) is 0 Å². The maximum absolute atomic E-state index is 10.5. The van der Waals surface area contributed by atoms with Crippen molar-refractivity contribution >= 4 is 16.5 Å². The van der Waals surface area contributed by atoms with Crippen LogP contribution in [0.25, 0.3) is 21.9 Å². The van der Waals surface area contributed by atoms with Crippen LogP contribution in [0, 0.1) is 0 Å². The number of phenols is 1. The van der Waals surface area contributed by atoms with Gasteiger partial charge in [0.05, 0.1) is 0 Å². The minimum atomic E-state index is 0.292. The molecular formula is C19H20N2O. The summed E-state index contributed by atoms with van der Waals surface area (Å²) in [5.41, 5.74) is 2.93. The molecule has 1 aromatic heterocycles. The van der Waals surface area contributed by atoms with Crippen LogP contribution in [0.15, 0.2) is 54.9 Å². The number of fused-ring (bicyclic) bond motifs is 1. The molecule has 112 valence electrons. The summed E-state index contributed by atoms with van der Waals surface area (Å²) in [4.78, 5) is 6.56. The van der Waals surface area contributed by atoms with Crippen molar-refractivity contribution in [2.45, 2.75) is 13.8 Å². The lowest BCUT2D eigenvalue weighted by Crippen LogP contribution is -2.22. The van der Waals surface area contributed by atoms with E-state index in [-0.39, 0.29) is 0 Å². The lowest BCUT2D eigenvalue weighted by molar-refractivity contribution is 0.478. The smallest absolute Gasteiger partial charge is 0.124 e. The first kappa shape index (κ1) is 14.4. The predicted octanol–water partition coefficient (Wildman–Crippen LogP) is 4.45. The number of aromatic nitrogens is 1. The Morgan fingerprint density at radius 1 is 1.00 bits per heavy atom. The maximum atomic E-state index is 10.5. The van der Waals surface area contributed by atoms with Crippen molar-refractivity contribution in [1.29, 1.82) is 0 Å². The monoisotopic (exact) mass is 292 g/mol. The Morgan fingerprint density at radius 2 is 1.77 bits per heavy atom. The molecule has 0 saturated carbocycles. The van der Waals surface area contributed by atoms with Crippen LogP contribution >= 0.6 is 0 Å². The highest BCUT2D eigenvalue weighted by Crippen LogP contribution is 2.40. The summed E-state index contributed by atoms with van der Waals surface area (Å²) in [5.74, 6) is 0.292. The number of anilines is 1. The number of aromatic hydroxyl groups is 1. The molecule has 0 amide bonds. The molecule has 2 aromatic carbocycles. The molecule has 0 saturated heterocycles. The van der Waals surface area contributed by atoms with Crippen LogP contribution in [0.4, 0.5) is 5.69 Å². The molecule has 0 unspecified atom stereocenters. The fourth-order valence-corrected chi connectivity index (χ4v) is 2.96. The van der Waals surface area contributed by atoms with Crippen LogP contribution in [0.5, 0.6) is 5.75 Å². The number of hydrogen-bond donors (Lipinski definition) is 1. The fraction of sp³-hybridized carbons (Fsp3) is 0.211. The molecule has 3 aromatic rings. The third-order valence-corrected chi connectivity index (χ3v) is 4.08. The Balaban J connectivity index is 2.31. The third-order valence-electron chi connectivity index (χ3n) is 4.08. The van der Waals surface area contributed by atoms with Crippen molar-refractivity contribution < 1.29 is 5.11 Å². The van der Waals surface area contributed by atoms with Crippen molar-refractivity contribution in [2.24, 2.45) is 0 Å². The van der Waals surface area contributed by atoms with Gasteiger partial charge in [-0.3, -0.25) is 4.98 Å². The highest BCUT2D eigenvalue weighted by Gasteiger charge is 2.15. The van der Waals surface area contributed by atoms with E-state index in [0.29, 0.717) is 5.75 Å². The molecule has 1 N–H and O–H groups in total. The number of nitrogens with zero attached hydrogens (tertiary/aromatic N) is 2. The highest BCUT2D eigenvalue weighted by molar-refractivity contribution is 6.02. The topological polar surface area (TPSA) is 36.4 Å². The maximum Gasteiger partial charge on any atom is 0.124 e. The number of hydrogen-bond acceptors (Lipinski definition) is 3. The summed E-state index contributed by atoms with van der Waals surface area (Å²) in [6, 6.07) is 13.8. The SMILES string of the molecule is CCN(CC)c1ccncc1-c1c(O)ccc2ccccc12. The van der Waals surface area contributed by atoms with Gasteiger partial charge >= 0.3 is 0 Å². The zero-order chi connectivity index (χ0) is 15.5. The molecule has 0 atom stereocenters. The normalized spacial score (nSPS) is 10.8. The Labute approximate surface area is 130 Å². The Bertz CT molecular complexity index is 794. The van der Waals surface area contributed by atoms with Gasteiger partial charge in [0.15, 0.2) is 0 Å². The Morgan fingerprint density at radius 3 is 2.55 bits per heavy atom. The van der Waals surface area contributed by atoms with Gasteiger partial charge in [-0.25, -0.2) is 0 Å². The average Bonchev–Trinajstić information content (AvgIpc) is 2.57. The van der Waals surface area contributed by atoms with E-state index in [1.54, 1.807) is 12.3 Å². The van der Waals surface area contributed by atoms with E-state index in [1.807, 2.05) is 36.5 Å².